The first-order valence-electron chi connectivity index (χ1n) is 7.50. The van der Waals surface area contributed by atoms with Gasteiger partial charge in [0, 0.05) is 24.0 Å². The summed E-state index contributed by atoms with van der Waals surface area (Å²) in [5, 5.41) is 0.623. The van der Waals surface area contributed by atoms with Crippen LogP contribution in [-0.4, -0.2) is 27.8 Å². The largest absolute Gasteiger partial charge is 0.335 e. The number of fused-ring (bicyclic) bond motifs is 1. The average Bonchev–Trinajstić information content (AvgIpc) is 3.18. The number of pyridine rings is 2. The van der Waals surface area contributed by atoms with Gasteiger partial charge in [-0.1, -0.05) is 23.6 Å². The highest BCUT2D eigenvalue weighted by Gasteiger charge is 2.66. The summed E-state index contributed by atoms with van der Waals surface area (Å²) in [6.45, 7) is 0.721. The van der Waals surface area contributed by atoms with Crippen molar-refractivity contribution in [3.63, 3.8) is 0 Å². The smallest absolute Gasteiger partial charge is 0.210 e. The van der Waals surface area contributed by atoms with Gasteiger partial charge in [0.1, 0.15) is 5.69 Å². The highest BCUT2D eigenvalue weighted by atomic mass is 35.5. The lowest BCUT2D eigenvalue weighted by Gasteiger charge is -2.26. The zero-order valence-electron chi connectivity index (χ0n) is 12.3. The molecule has 1 aliphatic carbocycles. The van der Waals surface area contributed by atoms with Gasteiger partial charge in [-0.25, -0.2) is 4.98 Å². The molecule has 2 fully saturated rings. The molecule has 1 aliphatic heterocycles. The summed E-state index contributed by atoms with van der Waals surface area (Å²) in [6, 6.07) is 9.10. The van der Waals surface area contributed by atoms with E-state index in [1.54, 1.807) is 23.4 Å². The molecular weight excluding hydrogens is 310 g/mol. The van der Waals surface area contributed by atoms with Crippen molar-refractivity contribution in [3.05, 3.63) is 59.1 Å². The average molecular weight is 324 g/mol. The van der Waals surface area contributed by atoms with Crippen LogP contribution in [0.3, 0.4) is 0 Å². The molecule has 114 valence electrons. The van der Waals surface area contributed by atoms with Crippen molar-refractivity contribution in [3.8, 4) is 11.8 Å². The van der Waals surface area contributed by atoms with Crippen LogP contribution in [0.1, 0.15) is 23.9 Å². The number of nitrogens with zero attached hydrogens (tertiary/aromatic N) is 3. The predicted octanol–water partition coefficient (Wildman–Crippen LogP) is 2.70. The third-order valence-corrected chi connectivity index (χ3v) is 4.89. The second-order valence-electron chi connectivity index (χ2n) is 6.01. The first-order chi connectivity index (χ1) is 11.2. The van der Waals surface area contributed by atoms with Gasteiger partial charge >= 0.3 is 0 Å². The summed E-state index contributed by atoms with van der Waals surface area (Å²) in [5.41, 5.74) is 1.32. The maximum absolute atomic E-state index is 11.5. The Bertz CT molecular complexity index is 814. The Labute approximate surface area is 139 Å². The van der Waals surface area contributed by atoms with Crippen LogP contribution < -0.4 is 0 Å². The van der Waals surface area contributed by atoms with Gasteiger partial charge in [0.2, 0.25) is 6.41 Å². The van der Waals surface area contributed by atoms with Crippen molar-refractivity contribution in [2.24, 2.45) is 11.3 Å². The normalized spacial score (nSPS) is 27.8. The van der Waals surface area contributed by atoms with E-state index in [1.165, 1.54) is 0 Å². The van der Waals surface area contributed by atoms with Crippen LogP contribution >= 0.6 is 11.6 Å². The van der Waals surface area contributed by atoms with Crippen LogP contribution in [0.5, 0.6) is 0 Å². The minimum atomic E-state index is -0.226. The molecule has 2 aromatic rings. The molecule has 3 heterocycles. The van der Waals surface area contributed by atoms with Crippen LogP contribution in [0.2, 0.25) is 5.02 Å². The Morgan fingerprint density at radius 2 is 2.22 bits per heavy atom. The van der Waals surface area contributed by atoms with Crippen molar-refractivity contribution in [2.45, 2.75) is 12.5 Å². The summed E-state index contributed by atoms with van der Waals surface area (Å²) < 4.78 is 0. The number of rotatable bonds is 2. The standard InChI is InChI=1S/C18H14ClN3O/c19-14-5-8-21-16(9-14)17-18(10-13(18)11-22(17)12-23)6-4-15-3-1-2-7-20-15/h1-3,5,7-9,12-13,17H,10-11H2. The lowest BCUT2D eigenvalue weighted by atomic mass is 9.93. The molecule has 1 saturated carbocycles. The molecule has 23 heavy (non-hydrogen) atoms. The lowest BCUT2D eigenvalue weighted by Crippen LogP contribution is -2.28. The topological polar surface area (TPSA) is 46.1 Å². The van der Waals surface area contributed by atoms with Gasteiger partial charge in [-0.15, -0.1) is 0 Å². The quantitative estimate of drug-likeness (QED) is 0.630. The number of carbonyl (C=O) groups is 1. The van der Waals surface area contributed by atoms with Gasteiger partial charge in [-0.3, -0.25) is 9.78 Å². The van der Waals surface area contributed by atoms with E-state index < -0.39 is 0 Å². The van der Waals surface area contributed by atoms with Gasteiger partial charge in [0.25, 0.3) is 0 Å². The zero-order valence-corrected chi connectivity index (χ0v) is 13.1. The van der Waals surface area contributed by atoms with Gasteiger partial charge in [-0.05, 0) is 42.5 Å². The Kier molecular flexibility index (Phi) is 3.32. The van der Waals surface area contributed by atoms with Gasteiger partial charge in [0.05, 0.1) is 17.2 Å². The van der Waals surface area contributed by atoms with E-state index >= 15 is 0 Å². The molecule has 4 rings (SSSR count). The number of likely N-dealkylation sites (tertiary alicyclic amines) is 1. The van der Waals surface area contributed by atoms with Crippen LogP contribution in [0.4, 0.5) is 0 Å². The summed E-state index contributed by atoms with van der Waals surface area (Å²) in [5.74, 6) is 6.95. The molecule has 0 aromatic carbocycles. The first kappa shape index (κ1) is 14.2. The molecule has 0 N–H and O–H groups in total. The summed E-state index contributed by atoms with van der Waals surface area (Å²) in [4.78, 5) is 21.9. The number of halogens is 1. The summed E-state index contributed by atoms with van der Waals surface area (Å²) in [6.07, 6.45) is 5.28. The minimum absolute atomic E-state index is 0.139. The summed E-state index contributed by atoms with van der Waals surface area (Å²) >= 11 is 6.10. The fourth-order valence-electron chi connectivity index (χ4n) is 3.51. The van der Waals surface area contributed by atoms with E-state index in [9.17, 15) is 4.79 Å². The lowest BCUT2D eigenvalue weighted by molar-refractivity contribution is -0.120. The Morgan fingerprint density at radius 3 is 2.96 bits per heavy atom. The molecule has 2 aromatic heterocycles. The fraction of sp³-hybridized carbons (Fsp3) is 0.278. The van der Waals surface area contributed by atoms with Crippen molar-refractivity contribution >= 4 is 18.0 Å². The fourth-order valence-corrected chi connectivity index (χ4v) is 3.68. The summed E-state index contributed by atoms with van der Waals surface area (Å²) in [7, 11) is 0. The van der Waals surface area contributed by atoms with E-state index in [-0.39, 0.29) is 11.5 Å². The maximum atomic E-state index is 11.5. The van der Waals surface area contributed by atoms with E-state index in [2.05, 4.69) is 21.8 Å². The zero-order chi connectivity index (χ0) is 15.9. The van der Waals surface area contributed by atoms with Crippen LogP contribution in [0, 0.1) is 23.2 Å². The van der Waals surface area contributed by atoms with E-state index in [4.69, 9.17) is 11.6 Å². The number of carbonyl (C=O) groups excluding carboxylic acids is 1. The second kappa shape index (κ2) is 5.36. The molecule has 0 bridgehead atoms. The third kappa shape index (κ3) is 2.38. The SMILES string of the molecule is O=CN1CC2CC2(C#Cc2ccccn2)C1c1cc(Cl)ccn1. The molecular formula is C18H14ClN3O. The molecule has 5 heteroatoms. The van der Waals surface area contributed by atoms with Crippen LogP contribution in [0.25, 0.3) is 0 Å². The maximum Gasteiger partial charge on any atom is 0.210 e. The van der Waals surface area contributed by atoms with Gasteiger partial charge < -0.3 is 4.90 Å². The highest BCUT2D eigenvalue weighted by molar-refractivity contribution is 6.30. The number of piperidine rings is 1. The first-order valence-corrected chi connectivity index (χ1v) is 7.87. The number of aromatic nitrogens is 2. The molecule has 0 spiro atoms. The van der Waals surface area contributed by atoms with Gasteiger partial charge in [0.15, 0.2) is 0 Å². The molecule has 1 amide bonds. The van der Waals surface area contributed by atoms with Crippen molar-refractivity contribution in [2.75, 3.05) is 6.54 Å². The number of hydrogen-bond acceptors (Lipinski definition) is 3. The molecule has 3 unspecified atom stereocenters. The molecule has 1 saturated heterocycles. The second-order valence-corrected chi connectivity index (χ2v) is 6.45. The van der Waals surface area contributed by atoms with Gasteiger partial charge in [-0.2, -0.15) is 0 Å². The number of amides is 1. The molecule has 0 radical (unpaired) electrons. The van der Waals surface area contributed by atoms with E-state index in [0.29, 0.717) is 10.9 Å². The Balaban J connectivity index is 1.73. The van der Waals surface area contributed by atoms with E-state index in [1.807, 2.05) is 24.3 Å². The molecule has 4 nitrogen and oxygen atoms in total. The Morgan fingerprint density at radius 1 is 1.30 bits per heavy atom. The predicted molar refractivity (Wildman–Crippen MR) is 86.4 cm³/mol. The van der Waals surface area contributed by atoms with Crippen molar-refractivity contribution in [1.82, 2.24) is 14.9 Å². The highest BCUT2D eigenvalue weighted by Crippen LogP contribution is 2.66. The van der Waals surface area contributed by atoms with Crippen LogP contribution in [0.15, 0.2) is 42.7 Å². The van der Waals surface area contributed by atoms with Crippen molar-refractivity contribution in [1.29, 1.82) is 0 Å². The minimum Gasteiger partial charge on any atom is -0.335 e. The molecule has 2 aliphatic rings. The molecule has 3 atom stereocenters. The number of hydrogen-bond donors (Lipinski definition) is 0. The van der Waals surface area contributed by atoms with E-state index in [0.717, 1.165) is 30.8 Å². The monoisotopic (exact) mass is 323 g/mol. The van der Waals surface area contributed by atoms with Crippen LogP contribution in [-0.2, 0) is 4.79 Å². The van der Waals surface area contributed by atoms with Crippen molar-refractivity contribution < 1.29 is 4.79 Å². The third-order valence-electron chi connectivity index (χ3n) is 4.65. The Hall–Kier alpha value is -2.38.